The Kier molecular flexibility index (Phi) is 3.29. The van der Waals surface area contributed by atoms with Crippen LogP contribution in [-0.4, -0.2) is 25.5 Å². The molecule has 2 rings (SSSR count). The van der Waals surface area contributed by atoms with Crippen LogP contribution in [-0.2, 0) is 6.54 Å². The third-order valence-electron chi connectivity index (χ3n) is 1.86. The van der Waals surface area contributed by atoms with Gasteiger partial charge in [0.05, 0.1) is 4.88 Å². The second-order valence-electron chi connectivity index (χ2n) is 3.02. The Bertz CT molecular complexity index is 579. The van der Waals surface area contributed by atoms with Crippen molar-refractivity contribution in [1.82, 2.24) is 14.8 Å². The minimum atomic E-state index is -0.706. The zero-order valence-electron chi connectivity index (χ0n) is 8.24. The van der Waals surface area contributed by atoms with Crippen molar-refractivity contribution in [1.29, 1.82) is 0 Å². The monoisotopic (exact) mass is 316 g/mol. The first-order valence-electron chi connectivity index (χ1n) is 4.38. The summed E-state index contributed by atoms with van der Waals surface area (Å²) in [5, 5.41) is 15.7. The Hall–Kier alpha value is -1.61. The molecule has 0 aliphatic heterocycles. The second kappa shape index (κ2) is 4.72. The molecule has 0 spiro atoms. The summed E-state index contributed by atoms with van der Waals surface area (Å²) in [4.78, 5) is 25.5. The number of ketones is 1. The van der Waals surface area contributed by atoms with E-state index in [1.807, 2.05) is 0 Å². The molecule has 0 aliphatic rings. The molecule has 17 heavy (non-hydrogen) atoms. The number of nitrogens with zero attached hydrogens (tertiary/aromatic N) is 4. The van der Waals surface area contributed by atoms with Crippen LogP contribution in [0.5, 0.6) is 0 Å². The highest BCUT2D eigenvalue weighted by atomic mass is 79.9. The number of Topliss-reactive ketones (excluding diaryl/α,β-unsaturated/α-hetero) is 1. The van der Waals surface area contributed by atoms with Gasteiger partial charge in [-0.1, -0.05) is 4.98 Å². The molecule has 0 saturated heterocycles. The molecule has 2 heterocycles. The molecule has 0 unspecified atom stereocenters. The second-order valence-corrected chi connectivity index (χ2v) is 4.79. The van der Waals surface area contributed by atoms with E-state index in [0.717, 1.165) is 11.0 Å². The number of hydrogen-bond donors (Lipinski definition) is 0. The van der Waals surface area contributed by atoms with E-state index in [0.29, 0.717) is 9.35 Å². The van der Waals surface area contributed by atoms with Gasteiger partial charge in [0, 0.05) is 9.57 Å². The van der Waals surface area contributed by atoms with E-state index < -0.39 is 10.9 Å². The summed E-state index contributed by atoms with van der Waals surface area (Å²) < 4.78 is 1.86. The van der Waals surface area contributed by atoms with Crippen molar-refractivity contribution < 1.29 is 9.72 Å². The van der Waals surface area contributed by atoms with Crippen LogP contribution in [0.15, 0.2) is 22.2 Å². The van der Waals surface area contributed by atoms with Crippen molar-refractivity contribution in [3.05, 3.63) is 37.2 Å². The summed E-state index contributed by atoms with van der Waals surface area (Å²) in [7, 11) is 0. The van der Waals surface area contributed by atoms with Gasteiger partial charge in [0.15, 0.2) is 5.78 Å². The van der Waals surface area contributed by atoms with Gasteiger partial charge in [0.1, 0.15) is 6.54 Å². The van der Waals surface area contributed by atoms with Gasteiger partial charge < -0.3 is 10.1 Å². The highest BCUT2D eigenvalue weighted by Crippen LogP contribution is 2.23. The zero-order chi connectivity index (χ0) is 12.4. The van der Waals surface area contributed by atoms with Gasteiger partial charge in [0.2, 0.25) is 6.33 Å². The summed E-state index contributed by atoms with van der Waals surface area (Å²) in [5.74, 6) is -0.685. The molecule has 0 radical (unpaired) electrons. The SMILES string of the molecule is O=C(Cn1cnc([N+](=O)[O-])n1)c1sccc1Br. The molecule has 0 aromatic carbocycles. The molecular formula is C8H5BrN4O3S. The van der Waals surface area contributed by atoms with E-state index in [9.17, 15) is 14.9 Å². The summed E-state index contributed by atoms with van der Waals surface area (Å²) in [6.45, 7) is -0.0695. The molecule has 0 bridgehead atoms. The number of nitro groups is 1. The van der Waals surface area contributed by atoms with Crippen molar-refractivity contribution in [2.45, 2.75) is 6.54 Å². The molecule has 88 valence electrons. The molecule has 0 saturated carbocycles. The summed E-state index contributed by atoms with van der Waals surface area (Å²) in [6, 6.07) is 1.77. The van der Waals surface area contributed by atoms with Crippen molar-refractivity contribution in [2.24, 2.45) is 0 Å². The standard InChI is InChI=1S/C8H5BrN4O3S/c9-5-1-2-17-7(5)6(14)3-12-4-10-8(11-12)13(15)16/h1-2,4H,3H2. The number of hydrogen-bond acceptors (Lipinski definition) is 6. The fraction of sp³-hybridized carbons (Fsp3) is 0.125. The summed E-state index contributed by atoms with van der Waals surface area (Å²) in [5.41, 5.74) is 0. The highest BCUT2D eigenvalue weighted by molar-refractivity contribution is 9.10. The predicted molar refractivity (Wildman–Crippen MR) is 63.0 cm³/mol. The van der Waals surface area contributed by atoms with Crippen LogP contribution in [0.3, 0.4) is 0 Å². The molecule has 0 N–H and O–H groups in total. The molecule has 0 amide bonds. The molecule has 2 aromatic heterocycles. The van der Waals surface area contributed by atoms with Crippen molar-refractivity contribution >= 4 is 39.0 Å². The van der Waals surface area contributed by atoms with Gasteiger partial charge in [-0.3, -0.25) is 4.79 Å². The topological polar surface area (TPSA) is 90.9 Å². The lowest BCUT2D eigenvalue weighted by atomic mass is 10.3. The lowest BCUT2D eigenvalue weighted by molar-refractivity contribution is -0.394. The molecular weight excluding hydrogens is 312 g/mol. The predicted octanol–water partition coefficient (Wildman–Crippen LogP) is 1.89. The van der Waals surface area contributed by atoms with Crippen LogP contribution in [0.2, 0.25) is 0 Å². The molecule has 0 fully saturated rings. The quantitative estimate of drug-likeness (QED) is 0.488. The largest absolute Gasteiger partial charge is 0.490 e. The van der Waals surface area contributed by atoms with E-state index in [2.05, 4.69) is 26.0 Å². The van der Waals surface area contributed by atoms with Crippen LogP contribution < -0.4 is 0 Å². The minimum Gasteiger partial charge on any atom is -0.390 e. The first-order chi connectivity index (χ1) is 8.08. The summed E-state index contributed by atoms with van der Waals surface area (Å²) in [6.07, 6.45) is 1.16. The highest BCUT2D eigenvalue weighted by Gasteiger charge is 2.18. The number of aromatic nitrogens is 3. The Morgan fingerprint density at radius 2 is 2.41 bits per heavy atom. The maximum atomic E-state index is 11.8. The van der Waals surface area contributed by atoms with Gasteiger partial charge in [-0.25, -0.2) is 0 Å². The smallest absolute Gasteiger partial charge is 0.390 e. The summed E-state index contributed by atoms with van der Waals surface area (Å²) >= 11 is 4.54. The van der Waals surface area contributed by atoms with Gasteiger partial charge >= 0.3 is 5.95 Å². The number of rotatable bonds is 4. The number of halogens is 1. The maximum absolute atomic E-state index is 11.8. The van der Waals surface area contributed by atoms with Crippen LogP contribution in [0.1, 0.15) is 9.67 Å². The fourth-order valence-corrected chi connectivity index (χ4v) is 2.68. The van der Waals surface area contributed by atoms with Crippen LogP contribution in [0, 0.1) is 10.1 Å². The van der Waals surface area contributed by atoms with Crippen molar-refractivity contribution in [2.75, 3.05) is 0 Å². The molecule has 7 nitrogen and oxygen atoms in total. The Labute approximate surface area is 107 Å². The first kappa shape index (κ1) is 11.9. The van der Waals surface area contributed by atoms with Crippen LogP contribution in [0.25, 0.3) is 0 Å². The number of carbonyl (C=O) groups excluding carboxylic acids is 1. The van der Waals surface area contributed by atoms with Crippen LogP contribution in [0.4, 0.5) is 5.95 Å². The maximum Gasteiger partial charge on any atom is 0.490 e. The Morgan fingerprint density at radius 1 is 1.65 bits per heavy atom. The average molecular weight is 317 g/mol. The van der Waals surface area contributed by atoms with Gasteiger partial charge in [0.25, 0.3) is 0 Å². The first-order valence-corrected chi connectivity index (χ1v) is 6.05. The van der Waals surface area contributed by atoms with E-state index in [1.54, 1.807) is 11.4 Å². The number of carbonyl (C=O) groups is 1. The minimum absolute atomic E-state index is 0.0695. The third-order valence-corrected chi connectivity index (χ3v) is 3.74. The van der Waals surface area contributed by atoms with Crippen molar-refractivity contribution in [3.63, 3.8) is 0 Å². The van der Waals surface area contributed by atoms with E-state index >= 15 is 0 Å². The van der Waals surface area contributed by atoms with Crippen molar-refractivity contribution in [3.8, 4) is 0 Å². The van der Waals surface area contributed by atoms with E-state index in [1.165, 1.54) is 11.3 Å². The molecule has 0 aliphatic carbocycles. The molecule has 2 aromatic rings. The fourth-order valence-electron chi connectivity index (χ4n) is 1.16. The Morgan fingerprint density at radius 3 is 2.94 bits per heavy atom. The Balaban J connectivity index is 2.13. The van der Waals surface area contributed by atoms with Gasteiger partial charge in [-0.2, -0.15) is 4.68 Å². The van der Waals surface area contributed by atoms with E-state index in [-0.39, 0.29) is 12.3 Å². The zero-order valence-corrected chi connectivity index (χ0v) is 10.6. The van der Waals surface area contributed by atoms with Crippen LogP contribution >= 0.6 is 27.3 Å². The van der Waals surface area contributed by atoms with E-state index in [4.69, 9.17) is 0 Å². The van der Waals surface area contributed by atoms with Gasteiger partial charge in [-0.05, 0) is 32.3 Å². The lowest BCUT2D eigenvalue weighted by Gasteiger charge is -1.95. The third kappa shape index (κ3) is 2.56. The van der Waals surface area contributed by atoms with Gasteiger partial charge in [-0.15, -0.1) is 11.3 Å². The normalized spacial score (nSPS) is 10.4. The number of thiophene rings is 1. The average Bonchev–Trinajstić information content (AvgIpc) is 2.86. The molecule has 9 heteroatoms. The molecule has 0 atom stereocenters. The lowest BCUT2D eigenvalue weighted by Crippen LogP contribution is -2.10.